The highest BCUT2D eigenvalue weighted by Crippen LogP contribution is 2.30. The number of carbonyl (C=O) groups excluding carboxylic acids is 1. The molecule has 1 aliphatic carbocycles. The molecule has 1 aromatic carbocycles. The van der Waals surface area contributed by atoms with Crippen LogP contribution in [-0.2, 0) is 4.79 Å². The number of anilines is 1. The molecule has 0 radical (unpaired) electrons. The highest BCUT2D eigenvalue weighted by molar-refractivity contribution is 7.99. The molecule has 0 aliphatic heterocycles. The molecule has 1 amide bonds. The fraction of sp³-hybridized carbons (Fsp3) is 0.556. The van der Waals surface area contributed by atoms with Crippen molar-refractivity contribution in [1.82, 2.24) is 20.2 Å². The van der Waals surface area contributed by atoms with E-state index in [1.807, 2.05) is 53.8 Å². The zero-order valence-electron chi connectivity index (χ0n) is 14.8. The van der Waals surface area contributed by atoms with Gasteiger partial charge in [0.25, 0.3) is 0 Å². The molecule has 7 heteroatoms. The lowest BCUT2D eigenvalue weighted by Crippen LogP contribution is -2.38. The second-order valence-corrected chi connectivity index (χ2v) is 7.62. The lowest BCUT2D eigenvalue weighted by Gasteiger charge is -2.27. The van der Waals surface area contributed by atoms with Gasteiger partial charge in [0.15, 0.2) is 0 Å². The van der Waals surface area contributed by atoms with Crippen LogP contribution in [0.15, 0.2) is 35.5 Å². The fourth-order valence-electron chi connectivity index (χ4n) is 3.35. The van der Waals surface area contributed by atoms with Gasteiger partial charge in [0.2, 0.25) is 11.1 Å². The Balaban J connectivity index is 1.66. The third kappa shape index (κ3) is 4.39. The van der Waals surface area contributed by atoms with Crippen molar-refractivity contribution in [2.24, 2.45) is 0 Å². The van der Waals surface area contributed by atoms with Gasteiger partial charge in [0.05, 0.1) is 11.8 Å². The van der Waals surface area contributed by atoms with Gasteiger partial charge >= 0.3 is 0 Å². The van der Waals surface area contributed by atoms with Crippen molar-refractivity contribution in [1.29, 1.82) is 0 Å². The molecule has 0 saturated heterocycles. The van der Waals surface area contributed by atoms with Gasteiger partial charge in [-0.2, -0.15) is 0 Å². The molecule has 0 spiro atoms. The zero-order chi connectivity index (χ0) is 17.6. The summed E-state index contributed by atoms with van der Waals surface area (Å²) < 4.78 is 1.92. The molecule has 0 N–H and O–H groups in total. The first-order chi connectivity index (χ1) is 12.2. The van der Waals surface area contributed by atoms with E-state index in [9.17, 15) is 4.79 Å². The summed E-state index contributed by atoms with van der Waals surface area (Å²) >= 11 is 1.43. The Labute approximate surface area is 153 Å². The third-order valence-corrected chi connectivity index (χ3v) is 5.45. The molecule has 6 nitrogen and oxygen atoms in total. The maximum atomic E-state index is 12.8. The molecular formula is C18H25N5OS. The zero-order valence-corrected chi connectivity index (χ0v) is 15.7. The Kier molecular flexibility index (Phi) is 6.07. The molecular weight excluding hydrogens is 334 g/mol. The van der Waals surface area contributed by atoms with Gasteiger partial charge < -0.3 is 4.90 Å². The van der Waals surface area contributed by atoms with Gasteiger partial charge in [-0.25, -0.2) is 4.68 Å². The number of aromatic nitrogens is 4. The number of para-hydroxylation sites is 1. The van der Waals surface area contributed by atoms with Gasteiger partial charge in [-0.3, -0.25) is 4.79 Å². The predicted octanol–water partition coefficient (Wildman–Crippen LogP) is 3.71. The summed E-state index contributed by atoms with van der Waals surface area (Å²) in [4.78, 5) is 14.6. The van der Waals surface area contributed by atoms with E-state index < -0.39 is 0 Å². The van der Waals surface area contributed by atoms with Gasteiger partial charge in [-0.15, -0.1) is 5.10 Å². The summed E-state index contributed by atoms with van der Waals surface area (Å²) in [6.07, 6.45) is 5.98. The maximum Gasteiger partial charge on any atom is 0.237 e. The summed E-state index contributed by atoms with van der Waals surface area (Å²) in [7, 11) is 0. The van der Waals surface area contributed by atoms with Crippen molar-refractivity contribution < 1.29 is 4.79 Å². The van der Waals surface area contributed by atoms with E-state index in [1.165, 1.54) is 31.0 Å². The number of rotatable bonds is 6. The number of hydrogen-bond donors (Lipinski definition) is 0. The minimum Gasteiger partial charge on any atom is -0.309 e. The number of amides is 1. The maximum absolute atomic E-state index is 12.8. The Bertz CT molecular complexity index is 682. The number of carbonyl (C=O) groups is 1. The lowest BCUT2D eigenvalue weighted by atomic mass is 9.96. The molecule has 2 aromatic rings. The van der Waals surface area contributed by atoms with Crippen molar-refractivity contribution in [3.63, 3.8) is 0 Å². The first-order valence-corrected chi connectivity index (χ1v) is 9.93. The monoisotopic (exact) mass is 359 g/mol. The number of nitrogens with zero attached hydrogens (tertiary/aromatic N) is 5. The number of benzene rings is 1. The van der Waals surface area contributed by atoms with Crippen molar-refractivity contribution in [2.45, 2.75) is 63.2 Å². The normalized spacial score (nSPS) is 15.5. The van der Waals surface area contributed by atoms with E-state index in [0.717, 1.165) is 23.7 Å². The molecule has 0 unspecified atom stereocenters. The summed E-state index contributed by atoms with van der Waals surface area (Å²) in [5, 5.41) is 12.9. The van der Waals surface area contributed by atoms with Crippen LogP contribution in [0.5, 0.6) is 0 Å². The van der Waals surface area contributed by atoms with Crippen LogP contribution >= 0.6 is 11.8 Å². The van der Waals surface area contributed by atoms with Crippen LogP contribution in [0.25, 0.3) is 0 Å². The average Bonchev–Trinajstić information content (AvgIpc) is 3.10. The minimum atomic E-state index is 0.0735. The largest absolute Gasteiger partial charge is 0.309 e. The molecule has 1 aromatic heterocycles. The van der Waals surface area contributed by atoms with Crippen molar-refractivity contribution in [3.8, 4) is 0 Å². The van der Waals surface area contributed by atoms with E-state index >= 15 is 0 Å². The molecule has 1 heterocycles. The summed E-state index contributed by atoms with van der Waals surface area (Å²) in [6, 6.07) is 10.3. The SMILES string of the molecule is CC(C)N(C(=O)CSc1nnnn1C1CCCCC1)c1ccccc1. The van der Waals surface area contributed by atoms with Crippen LogP contribution in [0.1, 0.15) is 52.0 Å². The summed E-state index contributed by atoms with van der Waals surface area (Å²) in [5.74, 6) is 0.407. The predicted molar refractivity (Wildman–Crippen MR) is 99.7 cm³/mol. The Morgan fingerprint density at radius 3 is 2.64 bits per heavy atom. The van der Waals surface area contributed by atoms with Crippen LogP contribution in [0, 0.1) is 0 Å². The van der Waals surface area contributed by atoms with E-state index in [1.54, 1.807) is 0 Å². The molecule has 1 saturated carbocycles. The molecule has 25 heavy (non-hydrogen) atoms. The lowest BCUT2D eigenvalue weighted by molar-refractivity contribution is -0.116. The minimum absolute atomic E-state index is 0.0735. The number of thioether (sulfide) groups is 1. The topological polar surface area (TPSA) is 63.9 Å². The second-order valence-electron chi connectivity index (χ2n) is 6.68. The van der Waals surface area contributed by atoms with Crippen LogP contribution in [0.3, 0.4) is 0 Å². The molecule has 134 valence electrons. The van der Waals surface area contributed by atoms with Gasteiger partial charge in [-0.1, -0.05) is 49.2 Å². The van der Waals surface area contributed by atoms with E-state index in [-0.39, 0.29) is 11.9 Å². The van der Waals surface area contributed by atoms with Gasteiger partial charge in [0, 0.05) is 11.7 Å². The quantitative estimate of drug-likeness (QED) is 0.736. The average molecular weight is 359 g/mol. The summed E-state index contributed by atoms with van der Waals surface area (Å²) in [5.41, 5.74) is 0.926. The van der Waals surface area contributed by atoms with Crippen molar-refractivity contribution >= 4 is 23.4 Å². The molecule has 3 rings (SSSR count). The van der Waals surface area contributed by atoms with Crippen molar-refractivity contribution in [3.05, 3.63) is 30.3 Å². The van der Waals surface area contributed by atoms with Crippen LogP contribution in [0.2, 0.25) is 0 Å². The standard InChI is InChI=1S/C18H25N5OS/c1-14(2)22(15-9-5-3-6-10-15)17(24)13-25-18-19-20-21-23(18)16-11-7-4-8-12-16/h3,5-6,9-10,14,16H,4,7-8,11-13H2,1-2H3. The highest BCUT2D eigenvalue weighted by Gasteiger charge is 2.23. The third-order valence-electron chi connectivity index (χ3n) is 4.53. The molecule has 0 bridgehead atoms. The first-order valence-electron chi connectivity index (χ1n) is 8.94. The van der Waals surface area contributed by atoms with Crippen LogP contribution < -0.4 is 4.90 Å². The molecule has 0 atom stereocenters. The van der Waals surface area contributed by atoms with E-state index in [4.69, 9.17) is 0 Å². The molecule has 1 fully saturated rings. The Morgan fingerprint density at radius 2 is 1.96 bits per heavy atom. The second kappa shape index (κ2) is 8.47. The number of tetrazole rings is 1. The summed E-state index contributed by atoms with van der Waals surface area (Å²) in [6.45, 7) is 4.06. The van der Waals surface area contributed by atoms with Crippen LogP contribution in [-0.4, -0.2) is 37.9 Å². The Morgan fingerprint density at radius 1 is 1.24 bits per heavy atom. The first kappa shape index (κ1) is 17.9. The number of hydrogen-bond acceptors (Lipinski definition) is 5. The van der Waals surface area contributed by atoms with Crippen LogP contribution in [0.4, 0.5) is 5.69 Å². The fourth-order valence-corrected chi connectivity index (χ4v) is 4.15. The van der Waals surface area contributed by atoms with E-state index in [0.29, 0.717) is 11.8 Å². The smallest absolute Gasteiger partial charge is 0.237 e. The van der Waals surface area contributed by atoms with Gasteiger partial charge in [-0.05, 0) is 49.2 Å². The van der Waals surface area contributed by atoms with Gasteiger partial charge in [0.1, 0.15) is 0 Å². The van der Waals surface area contributed by atoms with E-state index in [2.05, 4.69) is 15.5 Å². The molecule has 1 aliphatic rings. The van der Waals surface area contributed by atoms with Crippen molar-refractivity contribution in [2.75, 3.05) is 10.7 Å². The highest BCUT2D eigenvalue weighted by atomic mass is 32.2. The Hall–Kier alpha value is -1.89.